The largest absolute Gasteiger partial charge is 0.316 e. The Balaban J connectivity index is 0.000000286. The summed E-state index contributed by atoms with van der Waals surface area (Å²) in [5.74, 6) is 8.10. The first-order valence-electron chi connectivity index (χ1n) is 56.5. The Hall–Kier alpha value is -0.560. The molecule has 6 bridgehead atoms. The molecule has 21 rings (SSSR count). The van der Waals surface area contributed by atoms with E-state index < -0.39 is 0 Å². The highest BCUT2D eigenvalue weighted by Crippen LogP contribution is 2.38. The van der Waals surface area contributed by atoms with Crippen molar-refractivity contribution in [3.05, 3.63) is 0 Å². The smallest absolute Gasteiger partial charge is 0.0150 e. The lowest BCUT2D eigenvalue weighted by Crippen LogP contribution is -2.46. The lowest BCUT2D eigenvalue weighted by Gasteiger charge is -2.43. The van der Waals surface area contributed by atoms with Crippen LogP contribution in [0.15, 0.2) is 0 Å². The topological polar surface area (TPSA) is 62.9 Å². The predicted molar refractivity (Wildman–Crippen MR) is 570 cm³/mol. The summed E-state index contributed by atoms with van der Waals surface area (Å²) in [7, 11) is 17.6. The lowest BCUT2D eigenvalue weighted by molar-refractivity contribution is 0.0594. The van der Waals surface area contributed by atoms with E-state index in [1.165, 1.54) is 414 Å². The van der Waals surface area contributed by atoms with Gasteiger partial charge in [-0.05, 0) is 552 Å². The third-order valence-corrected chi connectivity index (χ3v) is 34.9. The molecule has 9 atom stereocenters. The third kappa shape index (κ3) is 54.7. The second kappa shape index (κ2) is 66.1. The van der Waals surface area contributed by atoms with Crippen molar-refractivity contribution < 1.29 is 0 Å². The fraction of sp³-hybridized carbons (Fsp3) is 1.00. The molecule has 0 radical (unpaired) electrons. The molecule has 2 saturated carbocycles. The van der Waals surface area contributed by atoms with E-state index >= 15 is 0 Å². The van der Waals surface area contributed by atoms with Gasteiger partial charge in [0.25, 0.3) is 0 Å². The Bertz CT molecular complexity index is 2430. The third-order valence-electron chi connectivity index (χ3n) is 34.9. The summed E-state index contributed by atoms with van der Waals surface area (Å²) in [6.45, 7) is 81.5. The molecule has 0 spiro atoms. The molecule has 0 aromatic rings. The highest BCUT2D eigenvalue weighted by molar-refractivity contribution is 4.91. The zero-order valence-corrected chi connectivity index (χ0v) is 92.9. The van der Waals surface area contributed by atoms with Crippen LogP contribution < -0.4 is 10.6 Å². The summed E-state index contributed by atoms with van der Waals surface area (Å²) in [4.78, 5) is 29.7. The number of fused-ring (bicyclic) bond motifs is 9. The summed E-state index contributed by atoms with van der Waals surface area (Å²) >= 11 is 0. The van der Waals surface area contributed by atoms with Crippen molar-refractivity contribution in [2.45, 2.75) is 469 Å². The number of hydrogen-bond donors (Lipinski definition) is 2. The minimum Gasteiger partial charge on any atom is -0.316 e. The normalized spacial score (nSPS) is 34.0. The number of likely N-dealkylation sites (tertiary alicyclic amines) is 9. The van der Waals surface area contributed by atoms with E-state index in [0.717, 1.165) is 95.7 Å². The van der Waals surface area contributed by atoms with E-state index in [9.17, 15) is 0 Å². The second-order valence-corrected chi connectivity index (χ2v) is 50.0. The molecule has 19 aliphatic heterocycles. The molecule has 14 heteroatoms. The van der Waals surface area contributed by atoms with Gasteiger partial charge in [0, 0.05) is 60.4 Å². The van der Waals surface area contributed by atoms with Crippen LogP contribution in [-0.2, 0) is 0 Å². The van der Waals surface area contributed by atoms with Crippen LogP contribution >= 0.6 is 0 Å². The molecule has 2 N–H and O–H groups in total. The quantitative estimate of drug-likeness (QED) is 0.262. The minimum absolute atomic E-state index is 0.486. The molecule has 0 aromatic carbocycles. The van der Waals surface area contributed by atoms with E-state index in [-0.39, 0.29) is 0 Å². The average Bonchev–Trinajstić information content (AvgIpc) is 1.58. The first-order valence-corrected chi connectivity index (χ1v) is 56.5. The van der Waals surface area contributed by atoms with Crippen molar-refractivity contribution >= 4 is 0 Å². The van der Waals surface area contributed by atoms with Gasteiger partial charge in [0.1, 0.15) is 0 Å². The lowest BCUT2D eigenvalue weighted by atomic mass is 9.83. The maximum Gasteiger partial charge on any atom is 0.0150 e. The number of nitrogens with zero attached hydrogens (tertiary/aromatic N) is 12. The maximum atomic E-state index is 3.38. The van der Waals surface area contributed by atoms with E-state index in [1.54, 1.807) is 0 Å². The van der Waals surface area contributed by atoms with Crippen LogP contribution in [0.5, 0.6) is 0 Å². The van der Waals surface area contributed by atoms with Gasteiger partial charge >= 0.3 is 0 Å². The van der Waals surface area contributed by atoms with Crippen LogP contribution in [0.25, 0.3) is 0 Å². The Kier molecular flexibility index (Phi) is 61.9. The molecule has 762 valence electrons. The molecule has 0 amide bonds. The van der Waals surface area contributed by atoms with Crippen molar-refractivity contribution in [1.29, 1.82) is 0 Å². The molecule has 21 aliphatic rings. The second-order valence-electron chi connectivity index (χ2n) is 50.0. The predicted octanol–water partition coefficient (Wildman–Crippen LogP) is 24.9. The first-order chi connectivity index (χ1) is 60.5. The van der Waals surface area contributed by atoms with Crippen molar-refractivity contribution in [2.24, 2.45) is 63.6 Å². The SMILES string of the molecule is CC(C)N1CCC[C@@H]1C.CC1(C)CCCC1.CC1CCCC1.CC1CCN(C)CC1.CC1CCN(C)CC1.CN1CCC(C)(C)CC1.CN1CCC(C)(C)CC1.CN1CCCC1(C)C.C[C@H]1C2CCN1CC2.C[C@H]1CC2CCN1CC2.C[C@H]1CCC2CCN1CC2.C[C@H]1CCCCN1.C[C@H]1CCCCN1C.C[C@H]1CCCN(C)C1.C[C@H]1CCCN1C.C[C@H]1CCCNC1. The molecule has 2 aliphatic carbocycles. The van der Waals surface area contributed by atoms with Gasteiger partial charge in [-0.1, -0.05) is 128 Å². The number of piperidine rings is 13. The van der Waals surface area contributed by atoms with Crippen LogP contribution in [0.4, 0.5) is 0 Å². The molecule has 14 nitrogen and oxygen atoms in total. The van der Waals surface area contributed by atoms with Gasteiger partial charge < -0.3 is 64.5 Å². The molecule has 19 saturated heterocycles. The summed E-state index contributed by atoms with van der Waals surface area (Å²) in [6, 6.07) is 6.77. The monoisotopic (exact) mass is 1800 g/mol. The molecule has 0 unspecified atom stereocenters. The Morgan fingerprint density at radius 3 is 0.945 bits per heavy atom. The van der Waals surface area contributed by atoms with Gasteiger partial charge in [0.2, 0.25) is 0 Å². The Morgan fingerprint density at radius 2 is 0.695 bits per heavy atom. The average molecular weight is 1800 g/mol. The molecule has 0 aromatic heterocycles. The standard InChI is InChI=1S/C9H17N.C8H15N.3C8H17N.C7H13N.5C7H15N.C7H14.3C6H13N.C6H12/c1-8-2-3-9-4-6-10(8)7-5-9;1-7-6-8-2-4-9(7)5-3-8;2*1-8(2)4-6-9(3)7-5-8;1-7(2)9-6-4-5-8(9)3;1-6-7-2-4-8(6)5-3-7;1-7(2)5-4-6-8(7)3;2*1-7-3-5-8(2)6-4-7;1-7-4-3-5-8(2)6-7;1-7-5-3-4-6-8(7)2;1-7(2)5-3-4-6-7;1-6-4-3-5-7(6)2;1-6-3-2-4-7-5-6;1-6-4-2-3-5-7-6;1-6-4-2-3-5-6/h8-9H,2-7H2,1H3;7-8H,2-6H2,1H3;2*4-7H2,1-3H3;7-8H,4-6H2,1-3H3;6-7H,2-5H2,1H3;4-6H2,1-3H3;4*7H,3-6H2,1-2H3;3-6H2,1-2H3;6H,3-5H2,1-2H3;2*6-7H,2-5H2,1H3;6H,2-5H2,1H3/t8-;7-;;;8-;6-;;;;2*7-;;3*6-;/m00..00...00.000./s1. The van der Waals surface area contributed by atoms with Crippen LogP contribution in [0, 0.1) is 63.6 Å². The minimum atomic E-state index is 0.486. The van der Waals surface area contributed by atoms with Gasteiger partial charge in [0.05, 0.1) is 0 Å². The van der Waals surface area contributed by atoms with Crippen molar-refractivity contribution in [1.82, 2.24) is 69.4 Å². The molecule has 21 fully saturated rings. The van der Waals surface area contributed by atoms with E-state index in [0.29, 0.717) is 21.8 Å². The maximum absolute atomic E-state index is 3.38. The fourth-order valence-electron chi connectivity index (χ4n) is 22.7. The summed E-state index contributed by atoms with van der Waals surface area (Å²) in [6.07, 6.45) is 58.5. The summed E-state index contributed by atoms with van der Waals surface area (Å²) < 4.78 is 0. The van der Waals surface area contributed by atoms with Crippen LogP contribution in [-0.4, -0.2) is 320 Å². The molecule has 128 heavy (non-hydrogen) atoms. The van der Waals surface area contributed by atoms with Crippen LogP contribution in [0.3, 0.4) is 0 Å². The Morgan fingerprint density at radius 1 is 0.273 bits per heavy atom. The Labute approximate surface area is 804 Å². The number of nitrogens with one attached hydrogen (secondary N) is 2. The van der Waals surface area contributed by atoms with Crippen LogP contribution in [0.2, 0.25) is 0 Å². The van der Waals surface area contributed by atoms with E-state index in [1.807, 2.05) is 0 Å². The highest BCUT2D eigenvalue weighted by Gasteiger charge is 2.37. The molecular formula is C114H236N14. The zero-order valence-electron chi connectivity index (χ0n) is 92.9. The van der Waals surface area contributed by atoms with E-state index in [4.69, 9.17) is 0 Å². The summed E-state index contributed by atoms with van der Waals surface area (Å²) in [5, 5.41) is 6.72. The zero-order chi connectivity index (χ0) is 94.8. The fourth-order valence-corrected chi connectivity index (χ4v) is 22.7. The van der Waals surface area contributed by atoms with Gasteiger partial charge in [0.15, 0.2) is 0 Å². The van der Waals surface area contributed by atoms with Gasteiger partial charge in [-0.3, -0.25) is 4.90 Å². The van der Waals surface area contributed by atoms with Crippen LogP contribution in [0.1, 0.15) is 416 Å². The van der Waals surface area contributed by atoms with Gasteiger partial charge in [-0.2, -0.15) is 0 Å². The molecule has 19 heterocycles. The van der Waals surface area contributed by atoms with Crippen molar-refractivity contribution in [3.63, 3.8) is 0 Å². The first kappa shape index (κ1) is 120. The van der Waals surface area contributed by atoms with Crippen molar-refractivity contribution in [3.8, 4) is 0 Å². The highest BCUT2D eigenvalue weighted by atomic mass is 15.2. The van der Waals surface area contributed by atoms with Crippen molar-refractivity contribution in [2.75, 3.05) is 207 Å². The number of hydrogen-bond acceptors (Lipinski definition) is 14. The summed E-state index contributed by atoms with van der Waals surface area (Å²) in [5.41, 5.74) is 2.42. The van der Waals surface area contributed by atoms with Gasteiger partial charge in [-0.25, -0.2) is 0 Å². The number of rotatable bonds is 1. The molecular weight excluding hydrogens is 1570 g/mol. The van der Waals surface area contributed by atoms with Gasteiger partial charge in [-0.15, -0.1) is 0 Å². The van der Waals surface area contributed by atoms with E-state index in [2.05, 4.69) is 278 Å².